The minimum Gasteiger partial charge on any atom is -0.385 e. The Kier molecular flexibility index (Phi) is 2.07. The molecule has 2 rings (SSSR count). The normalized spacial score (nSPS) is 19.0. The SMILES string of the molecule is Cc1nc([C@H](C)O)nn1CC1CC1. The van der Waals surface area contributed by atoms with E-state index >= 15 is 0 Å². The van der Waals surface area contributed by atoms with Gasteiger partial charge >= 0.3 is 0 Å². The van der Waals surface area contributed by atoms with Crippen molar-refractivity contribution in [1.29, 1.82) is 0 Å². The summed E-state index contributed by atoms with van der Waals surface area (Å²) in [6.45, 7) is 4.59. The molecule has 1 fully saturated rings. The predicted octanol–water partition coefficient (Wildman–Crippen LogP) is 1.05. The zero-order valence-electron chi connectivity index (χ0n) is 8.06. The van der Waals surface area contributed by atoms with Crippen molar-refractivity contribution < 1.29 is 5.11 Å². The molecule has 0 aliphatic heterocycles. The largest absolute Gasteiger partial charge is 0.385 e. The van der Waals surface area contributed by atoms with Crippen molar-refractivity contribution in [3.63, 3.8) is 0 Å². The summed E-state index contributed by atoms with van der Waals surface area (Å²) in [7, 11) is 0. The summed E-state index contributed by atoms with van der Waals surface area (Å²) in [4.78, 5) is 4.19. The lowest BCUT2D eigenvalue weighted by Gasteiger charge is -1.99. The Morgan fingerprint density at radius 2 is 2.31 bits per heavy atom. The topological polar surface area (TPSA) is 50.9 Å². The highest BCUT2D eigenvalue weighted by molar-refractivity contribution is 4.94. The molecule has 1 N–H and O–H groups in total. The van der Waals surface area contributed by atoms with Crippen LogP contribution in [0.15, 0.2) is 0 Å². The van der Waals surface area contributed by atoms with Crippen molar-refractivity contribution in [3.05, 3.63) is 11.6 Å². The molecule has 1 aromatic rings. The summed E-state index contributed by atoms with van der Waals surface area (Å²) in [6.07, 6.45) is 2.06. The number of hydrogen-bond donors (Lipinski definition) is 1. The van der Waals surface area contributed by atoms with Crippen molar-refractivity contribution in [1.82, 2.24) is 14.8 Å². The van der Waals surface area contributed by atoms with E-state index in [1.807, 2.05) is 11.6 Å². The maximum atomic E-state index is 9.27. The molecule has 0 bridgehead atoms. The van der Waals surface area contributed by atoms with Gasteiger partial charge in [0.1, 0.15) is 11.9 Å². The summed E-state index contributed by atoms with van der Waals surface area (Å²) in [5.74, 6) is 2.24. The lowest BCUT2D eigenvalue weighted by Crippen LogP contribution is -2.04. The lowest BCUT2D eigenvalue weighted by atomic mass is 10.4. The number of aromatic nitrogens is 3. The van der Waals surface area contributed by atoms with Crippen LogP contribution in [0.2, 0.25) is 0 Å². The van der Waals surface area contributed by atoms with Crippen LogP contribution in [0.3, 0.4) is 0 Å². The van der Waals surface area contributed by atoms with Gasteiger partial charge in [-0.05, 0) is 32.6 Å². The minimum absolute atomic E-state index is 0.540. The molecule has 4 heteroatoms. The molecule has 4 nitrogen and oxygen atoms in total. The maximum absolute atomic E-state index is 9.27. The van der Waals surface area contributed by atoms with E-state index < -0.39 is 6.10 Å². The van der Waals surface area contributed by atoms with Crippen LogP contribution >= 0.6 is 0 Å². The van der Waals surface area contributed by atoms with Gasteiger partial charge in [-0.1, -0.05) is 0 Å². The molecule has 0 radical (unpaired) electrons. The molecule has 72 valence electrons. The molecule has 1 heterocycles. The van der Waals surface area contributed by atoms with Gasteiger partial charge in [-0.3, -0.25) is 0 Å². The standard InChI is InChI=1S/C9H15N3O/c1-6(13)9-10-7(2)12(11-9)5-8-3-4-8/h6,8,13H,3-5H2,1-2H3/t6-/m0/s1. The molecular formula is C9H15N3O. The third-order valence-corrected chi connectivity index (χ3v) is 2.37. The van der Waals surface area contributed by atoms with Gasteiger partial charge in [0, 0.05) is 6.54 Å². The van der Waals surface area contributed by atoms with Gasteiger partial charge < -0.3 is 5.11 Å². The fourth-order valence-corrected chi connectivity index (χ4v) is 1.34. The van der Waals surface area contributed by atoms with Crippen molar-refractivity contribution in [2.24, 2.45) is 5.92 Å². The van der Waals surface area contributed by atoms with E-state index in [2.05, 4.69) is 10.1 Å². The van der Waals surface area contributed by atoms with E-state index in [0.29, 0.717) is 5.82 Å². The molecule has 1 aromatic heterocycles. The first-order valence-electron chi connectivity index (χ1n) is 4.76. The van der Waals surface area contributed by atoms with Crippen molar-refractivity contribution >= 4 is 0 Å². The van der Waals surface area contributed by atoms with E-state index in [-0.39, 0.29) is 0 Å². The van der Waals surface area contributed by atoms with Crippen LogP contribution in [0.4, 0.5) is 0 Å². The Morgan fingerprint density at radius 3 is 2.77 bits per heavy atom. The van der Waals surface area contributed by atoms with Gasteiger partial charge in [-0.25, -0.2) is 9.67 Å². The third-order valence-electron chi connectivity index (χ3n) is 2.37. The molecule has 0 saturated heterocycles. The van der Waals surface area contributed by atoms with E-state index in [9.17, 15) is 5.11 Å². The highest BCUT2D eigenvalue weighted by Crippen LogP contribution is 2.30. The van der Waals surface area contributed by atoms with Gasteiger partial charge in [0.05, 0.1) is 0 Å². The van der Waals surface area contributed by atoms with Crippen LogP contribution in [0.5, 0.6) is 0 Å². The summed E-state index contributed by atoms with van der Waals surface area (Å²) in [5.41, 5.74) is 0. The van der Waals surface area contributed by atoms with Crippen LogP contribution in [-0.4, -0.2) is 19.9 Å². The third kappa shape index (κ3) is 1.88. The average Bonchev–Trinajstić information content (AvgIpc) is 2.78. The van der Waals surface area contributed by atoms with Gasteiger partial charge in [0.2, 0.25) is 0 Å². The Bertz CT molecular complexity index is 302. The molecule has 0 spiro atoms. The van der Waals surface area contributed by atoms with Crippen LogP contribution in [0.25, 0.3) is 0 Å². The van der Waals surface area contributed by atoms with Crippen LogP contribution in [0.1, 0.15) is 37.5 Å². The minimum atomic E-state index is -0.556. The number of aliphatic hydroxyl groups is 1. The summed E-state index contributed by atoms with van der Waals surface area (Å²) in [6, 6.07) is 0. The smallest absolute Gasteiger partial charge is 0.179 e. The second-order valence-electron chi connectivity index (χ2n) is 3.82. The van der Waals surface area contributed by atoms with E-state index in [0.717, 1.165) is 18.3 Å². The molecule has 1 saturated carbocycles. The quantitative estimate of drug-likeness (QED) is 0.758. The van der Waals surface area contributed by atoms with E-state index in [1.54, 1.807) is 6.92 Å². The number of rotatable bonds is 3. The number of hydrogen-bond acceptors (Lipinski definition) is 3. The molecule has 0 aromatic carbocycles. The Hall–Kier alpha value is -0.900. The highest BCUT2D eigenvalue weighted by atomic mass is 16.3. The van der Waals surface area contributed by atoms with Crippen LogP contribution in [0, 0.1) is 12.8 Å². The summed E-state index contributed by atoms with van der Waals surface area (Å²) < 4.78 is 1.90. The predicted molar refractivity (Wildman–Crippen MR) is 48.1 cm³/mol. The molecule has 1 aliphatic carbocycles. The van der Waals surface area contributed by atoms with Gasteiger partial charge in [0.15, 0.2) is 5.82 Å². The Balaban J connectivity index is 2.14. The first kappa shape index (κ1) is 8.69. The second kappa shape index (κ2) is 3.10. The average molecular weight is 181 g/mol. The van der Waals surface area contributed by atoms with Crippen molar-refractivity contribution in [2.45, 2.75) is 39.3 Å². The second-order valence-corrected chi connectivity index (χ2v) is 3.82. The maximum Gasteiger partial charge on any atom is 0.179 e. The zero-order valence-corrected chi connectivity index (χ0v) is 8.06. The van der Waals surface area contributed by atoms with Crippen LogP contribution in [-0.2, 0) is 6.54 Å². The first-order valence-corrected chi connectivity index (χ1v) is 4.76. The zero-order chi connectivity index (χ0) is 9.42. The summed E-state index contributed by atoms with van der Waals surface area (Å²) in [5, 5.41) is 13.5. The monoisotopic (exact) mass is 181 g/mol. The van der Waals surface area contributed by atoms with Crippen molar-refractivity contribution in [2.75, 3.05) is 0 Å². The molecule has 13 heavy (non-hydrogen) atoms. The molecule has 1 atom stereocenters. The van der Waals surface area contributed by atoms with E-state index in [4.69, 9.17) is 0 Å². The van der Waals surface area contributed by atoms with E-state index in [1.165, 1.54) is 12.8 Å². The molecule has 0 unspecified atom stereocenters. The van der Waals surface area contributed by atoms with Crippen molar-refractivity contribution in [3.8, 4) is 0 Å². The van der Waals surface area contributed by atoms with Gasteiger partial charge in [-0.2, -0.15) is 5.10 Å². The first-order chi connectivity index (χ1) is 6.16. The number of aryl methyl sites for hydroxylation is 1. The lowest BCUT2D eigenvalue weighted by molar-refractivity contribution is 0.188. The summed E-state index contributed by atoms with van der Waals surface area (Å²) >= 11 is 0. The highest BCUT2D eigenvalue weighted by Gasteiger charge is 2.23. The van der Waals surface area contributed by atoms with Gasteiger partial charge in [0.25, 0.3) is 0 Å². The van der Waals surface area contributed by atoms with Crippen LogP contribution < -0.4 is 0 Å². The Morgan fingerprint density at radius 1 is 1.62 bits per heavy atom. The molecular weight excluding hydrogens is 166 g/mol. The Labute approximate surface area is 77.6 Å². The fourth-order valence-electron chi connectivity index (χ4n) is 1.34. The van der Waals surface area contributed by atoms with Gasteiger partial charge in [-0.15, -0.1) is 0 Å². The number of nitrogens with zero attached hydrogens (tertiary/aromatic N) is 3. The molecule has 1 aliphatic rings. The fraction of sp³-hybridized carbons (Fsp3) is 0.778. The molecule has 0 amide bonds. The number of aliphatic hydroxyl groups excluding tert-OH is 1.